The van der Waals surface area contributed by atoms with Crippen LogP contribution in [0.25, 0.3) is 0 Å². The summed E-state index contributed by atoms with van der Waals surface area (Å²) in [6.07, 6.45) is 1.03. The van der Waals surface area contributed by atoms with Crippen LogP contribution in [0.2, 0.25) is 0 Å². The average molecular weight is 357 g/mol. The van der Waals surface area contributed by atoms with Gasteiger partial charge in [0.15, 0.2) is 0 Å². The molecule has 3 heteroatoms. The van der Waals surface area contributed by atoms with Gasteiger partial charge in [-0.3, -0.25) is 4.79 Å². The van der Waals surface area contributed by atoms with E-state index in [1.165, 1.54) is 34.4 Å². The fourth-order valence-corrected chi connectivity index (χ4v) is 4.92. The van der Waals surface area contributed by atoms with Crippen molar-refractivity contribution >= 4 is 5.91 Å². The van der Waals surface area contributed by atoms with Crippen molar-refractivity contribution in [1.82, 2.24) is 5.32 Å². The van der Waals surface area contributed by atoms with Gasteiger partial charge >= 0.3 is 0 Å². The first kappa shape index (κ1) is 16.2. The van der Waals surface area contributed by atoms with Gasteiger partial charge in [-0.2, -0.15) is 0 Å². The molecule has 1 N–H and O–H groups in total. The third-order valence-electron chi connectivity index (χ3n) is 6.03. The van der Waals surface area contributed by atoms with Crippen LogP contribution in [0.5, 0.6) is 0 Å². The van der Waals surface area contributed by atoms with Crippen molar-refractivity contribution in [2.24, 2.45) is 5.92 Å². The highest BCUT2D eigenvalue weighted by atomic mass is 19.1. The van der Waals surface area contributed by atoms with Gasteiger partial charge in [-0.25, -0.2) is 4.39 Å². The zero-order chi connectivity index (χ0) is 18.4. The number of rotatable bonds is 3. The number of nitrogens with one attached hydrogen (secondary N) is 1. The van der Waals surface area contributed by atoms with Crippen LogP contribution < -0.4 is 5.32 Å². The summed E-state index contributed by atoms with van der Waals surface area (Å²) < 4.78 is 13.4. The van der Waals surface area contributed by atoms with E-state index in [9.17, 15) is 9.18 Å². The summed E-state index contributed by atoms with van der Waals surface area (Å²) in [4.78, 5) is 12.5. The maximum Gasteiger partial charge on any atom is 0.251 e. The second-order valence-corrected chi connectivity index (χ2v) is 7.50. The molecule has 3 aliphatic carbocycles. The summed E-state index contributed by atoms with van der Waals surface area (Å²) >= 11 is 0. The van der Waals surface area contributed by atoms with E-state index in [0.717, 1.165) is 6.42 Å². The van der Waals surface area contributed by atoms with Crippen molar-refractivity contribution in [3.05, 3.63) is 106 Å². The molecular weight excluding hydrogens is 337 g/mol. The Labute approximate surface area is 158 Å². The van der Waals surface area contributed by atoms with Crippen molar-refractivity contribution in [2.75, 3.05) is 6.54 Å². The van der Waals surface area contributed by atoms with Crippen LogP contribution in [0.1, 0.15) is 50.9 Å². The van der Waals surface area contributed by atoms with Crippen LogP contribution >= 0.6 is 0 Å². The Kier molecular flexibility index (Phi) is 3.82. The lowest BCUT2D eigenvalue weighted by Crippen LogP contribution is -2.39. The predicted molar refractivity (Wildman–Crippen MR) is 103 cm³/mol. The summed E-state index contributed by atoms with van der Waals surface area (Å²) in [7, 11) is 0. The highest BCUT2D eigenvalue weighted by Gasteiger charge is 2.42. The number of benzene rings is 3. The molecule has 1 atom stereocenters. The van der Waals surface area contributed by atoms with Gasteiger partial charge in [0.2, 0.25) is 0 Å². The van der Waals surface area contributed by atoms with Gasteiger partial charge in [-0.05, 0) is 52.8 Å². The van der Waals surface area contributed by atoms with E-state index in [1.54, 1.807) is 12.1 Å². The molecule has 3 aromatic carbocycles. The van der Waals surface area contributed by atoms with E-state index < -0.39 is 0 Å². The molecule has 6 rings (SSSR count). The highest BCUT2D eigenvalue weighted by molar-refractivity contribution is 5.94. The highest BCUT2D eigenvalue weighted by Crippen LogP contribution is 2.55. The first-order valence-corrected chi connectivity index (χ1v) is 9.44. The molecular formula is C24H20FNO. The lowest BCUT2D eigenvalue weighted by atomic mass is 9.59. The third kappa shape index (κ3) is 2.66. The number of carbonyl (C=O) groups is 1. The summed E-state index contributed by atoms with van der Waals surface area (Å²) in [5.74, 6) is 0.436. The maximum absolute atomic E-state index is 13.4. The fraction of sp³-hybridized carbons (Fsp3) is 0.208. The van der Waals surface area contributed by atoms with Gasteiger partial charge in [-0.15, -0.1) is 0 Å². The van der Waals surface area contributed by atoms with Crippen LogP contribution in [0, 0.1) is 11.7 Å². The molecule has 1 unspecified atom stereocenters. The Balaban J connectivity index is 1.43. The first-order chi connectivity index (χ1) is 13.2. The molecule has 3 aromatic rings. The van der Waals surface area contributed by atoms with Crippen LogP contribution in [-0.4, -0.2) is 12.5 Å². The molecule has 27 heavy (non-hydrogen) atoms. The van der Waals surface area contributed by atoms with Crippen molar-refractivity contribution in [3.63, 3.8) is 0 Å². The number of carbonyl (C=O) groups excluding carboxylic acids is 1. The molecule has 2 nitrogen and oxygen atoms in total. The Morgan fingerprint density at radius 2 is 1.52 bits per heavy atom. The lowest BCUT2D eigenvalue weighted by Gasteiger charge is -2.45. The third-order valence-corrected chi connectivity index (χ3v) is 6.03. The van der Waals surface area contributed by atoms with E-state index in [2.05, 4.69) is 53.8 Å². The molecule has 0 saturated heterocycles. The number of fused-ring (bicyclic) bond motifs is 1. The smallest absolute Gasteiger partial charge is 0.251 e. The monoisotopic (exact) mass is 357 g/mol. The molecule has 0 saturated carbocycles. The Morgan fingerprint density at radius 1 is 0.889 bits per heavy atom. The van der Waals surface area contributed by atoms with Gasteiger partial charge in [0.05, 0.1) is 0 Å². The van der Waals surface area contributed by atoms with Crippen molar-refractivity contribution in [1.29, 1.82) is 0 Å². The Morgan fingerprint density at radius 3 is 2.15 bits per heavy atom. The Hall–Kier alpha value is -2.94. The number of hydrogen-bond acceptors (Lipinski definition) is 1. The molecule has 0 aliphatic heterocycles. The maximum atomic E-state index is 13.4. The predicted octanol–water partition coefficient (Wildman–Crippen LogP) is 4.85. The standard InChI is InChI=1S/C24H20FNO/c25-17-7-5-6-15(12-17)24(27)26-14-16-13-22-18-8-1-3-10-20(18)23(16)21-11-4-2-9-19(21)22/h1-12,16,22-23H,13-14H2,(H,26,27). The zero-order valence-electron chi connectivity index (χ0n) is 14.9. The zero-order valence-corrected chi connectivity index (χ0v) is 14.9. The van der Waals surface area contributed by atoms with E-state index in [4.69, 9.17) is 0 Å². The minimum atomic E-state index is -0.387. The van der Waals surface area contributed by atoms with Crippen molar-refractivity contribution in [2.45, 2.75) is 18.3 Å². The molecule has 1 amide bonds. The second kappa shape index (κ2) is 6.34. The topological polar surface area (TPSA) is 29.1 Å². The first-order valence-electron chi connectivity index (χ1n) is 9.44. The summed E-state index contributed by atoms with van der Waals surface area (Å²) in [5.41, 5.74) is 5.99. The van der Waals surface area contributed by atoms with Gasteiger partial charge in [-0.1, -0.05) is 54.6 Å². The van der Waals surface area contributed by atoms with E-state index in [1.807, 2.05) is 0 Å². The molecule has 2 bridgehead atoms. The molecule has 0 heterocycles. The van der Waals surface area contributed by atoms with E-state index >= 15 is 0 Å². The molecule has 0 spiro atoms. The molecule has 3 aliphatic rings. The van der Waals surface area contributed by atoms with Crippen LogP contribution in [0.15, 0.2) is 72.8 Å². The summed E-state index contributed by atoms with van der Waals surface area (Å²) in [5, 5.41) is 3.04. The summed E-state index contributed by atoms with van der Waals surface area (Å²) in [6.45, 7) is 0.596. The van der Waals surface area contributed by atoms with Gasteiger partial charge in [0.25, 0.3) is 5.91 Å². The van der Waals surface area contributed by atoms with Crippen LogP contribution in [-0.2, 0) is 0 Å². The fourth-order valence-electron chi connectivity index (χ4n) is 4.92. The van der Waals surface area contributed by atoms with Crippen LogP contribution in [0.4, 0.5) is 4.39 Å². The minimum Gasteiger partial charge on any atom is -0.352 e. The number of hydrogen-bond donors (Lipinski definition) is 1. The molecule has 134 valence electrons. The van der Waals surface area contributed by atoms with Crippen LogP contribution in [0.3, 0.4) is 0 Å². The lowest BCUT2D eigenvalue weighted by molar-refractivity contribution is 0.0942. The second-order valence-electron chi connectivity index (χ2n) is 7.50. The quantitative estimate of drug-likeness (QED) is 0.713. The molecule has 0 aromatic heterocycles. The Bertz CT molecular complexity index is 981. The van der Waals surface area contributed by atoms with Gasteiger partial charge < -0.3 is 5.32 Å². The number of amides is 1. The van der Waals surface area contributed by atoms with Crippen molar-refractivity contribution in [3.8, 4) is 0 Å². The molecule has 0 fully saturated rings. The van der Waals surface area contributed by atoms with Gasteiger partial charge in [0.1, 0.15) is 5.82 Å². The van der Waals surface area contributed by atoms with Crippen molar-refractivity contribution < 1.29 is 9.18 Å². The summed E-state index contributed by atoms with van der Waals surface area (Å²) in [6, 6.07) is 23.2. The van der Waals surface area contributed by atoms with Gasteiger partial charge in [0, 0.05) is 23.9 Å². The largest absolute Gasteiger partial charge is 0.352 e. The SMILES string of the molecule is O=C(NCC1CC2c3ccccc3C1c1ccccc12)c1cccc(F)c1. The minimum absolute atomic E-state index is 0.211. The average Bonchev–Trinajstić information content (AvgIpc) is 2.72. The molecule has 0 radical (unpaired) electrons. The van der Waals surface area contributed by atoms with E-state index in [0.29, 0.717) is 29.9 Å². The van der Waals surface area contributed by atoms with E-state index in [-0.39, 0.29) is 11.7 Å². The number of halogens is 1. The normalized spacial score (nSPS) is 22.0.